The number of hydrogen-bond donors (Lipinski definition) is 3. The van der Waals surface area contributed by atoms with Crippen LogP contribution < -0.4 is 11.1 Å². The monoisotopic (exact) mass is 620 g/mol. The van der Waals surface area contributed by atoms with Crippen LogP contribution >= 0.6 is 0 Å². The number of nitrogens with two attached hydrogens (primary N) is 1. The van der Waals surface area contributed by atoms with Crippen molar-refractivity contribution in [2.75, 3.05) is 0 Å². The Morgan fingerprint density at radius 3 is 2.47 bits per heavy atom. The molecule has 1 aliphatic heterocycles. The van der Waals surface area contributed by atoms with Crippen molar-refractivity contribution in [3.63, 3.8) is 0 Å². The van der Waals surface area contributed by atoms with Crippen molar-refractivity contribution in [1.29, 1.82) is 0 Å². The number of amides is 1. The fourth-order valence-corrected chi connectivity index (χ4v) is 13.1. The predicted molar refractivity (Wildman–Crippen MR) is 173 cm³/mol. The number of aliphatic hydroxyl groups is 1. The van der Waals surface area contributed by atoms with Crippen molar-refractivity contribution in [3.8, 4) is 0 Å². The van der Waals surface area contributed by atoms with Crippen molar-refractivity contribution in [2.45, 2.75) is 136 Å². The summed E-state index contributed by atoms with van der Waals surface area (Å²) in [6.07, 6.45) is 5.64. The molecule has 5 saturated carbocycles. The van der Waals surface area contributed by atoms with Crippen LogP contribution in [0, 0.1) is 50.7 Å². The average molecular weight is 621 g/mol. The number of benzene rings is 1. The van der Waals surface area contributed by atoms with Gasteiger partial charge in [0, 0.05) is 13.5 Å². The molecule has 7 heteroatoms. The van der Waals surface area contributed by atoms with Gasteiger partial charge in [-0.05, 0) is 108 Å². The summed E-state index contributed by atoms with van der Waals surface area (Å²) in [7, 11) is 0. The molecule has 45 heavy (non-hydrogen) atoms. The zero-order valence-electron chi connectivity index (χ0n) is 28.5. The van der Waals surface area contributed by atoms with Crippen LogP contribution in [0.1, 0.15) is 105 Å². The van der Waals surface area contributed by atoms with Gasteiger partial charge in [0.15, 0.2) is 0 Å². The van der Waals surface area contributed by atoms with Crippen molar-refractivity contribution < 1.29 is 24.2 Å². The molecule has 2 spiro atoms. The smallest absolute Gasteiger partial charge is 0.303 e. The van der Waals surface area contributed by atoms with Gasteiger partial charge in [0.05, 0.1) is 17.7 Å². The summed E-state index contributed by atoms with van der Waals surface area (Å²) in [4.78, 5) is 25.8. The lowest BCUT2D eigenvalue weighted by Crippen LogP contribution is -2.70. The Morgan fingerprint density at radius 1 is 1.07 bits per heavy atom. The van der Waals surface area contributed by atoms with E-state index in [1.807, 2.05) is 30.3 Å². The summed E-state index contributed by atoms with van der Waals surface area (Å²) in [6, 6.07) is 9.68. The highest BCUT2D eigenvalue weighted by molar-refractivity contribution is 5.84. The van der Waals surface area contributed by atoms with Gasteiger partial charge in [-0.2, -0.15) is 0 Å². The SMILES string of the molecule is CC(=O)OC(C(=O)NCc1ccccc1)C1CC(C)C2C(O1)C(O)C1(N)C3CCC4(C)C(C)(C)C(C)CCC45CC35CCC21C. The average Bonchev–Trinajstić information content (AvgIpc) is 3.64. The summed E-state index contributed by atoms with van der Waals surface area (Å²) in [5.74, 6) is 0.264. The van der Waals surface area contributed by atoms with Gasteiger partial charge < -0.3 is 25.6 Å². The van der Waals surface area contributed by atoms with Gasteiger partial charge in [0.2, 0.25) is 6.10 Å². The first-order valence-electron chi connectivity index (χ1n) is 17.7. The highest BCUT2D eigenvalue weighted by Gasteiger charge is 2.87. The molecule has 5 aliphatic carbocycles. The maximum absolute atomic E-state index is 13.5. The lowest BCUT2D eigenvalue weighted by atomic mass is 9.38. The summed E-state index contributed by atoms with van der Waals surface area (Å²) in [5, 5.41) is 15.4. The maximum atomic E-state index is 13.5. The van der Waals surface area contributed by atoms with Crippen molar-refractivity contribution in [1.82, 2.24) is 5.32 Å². The van der Waals surface area contributed by atoms with E-state index in [9.17, 15) is 14.7 Å². The number of carbonyl (C=O) groups excluding carboxylic acids is 2. The molecule has 13 atom stereocenters. The Morgan fingerprint density at radius 2 is 1.78 bits per heavy atom. The number of fused-ring (bicyclic) bond motifs is 4. The van der Waals surface area contributed by atoms with Crippen LogP contribution in [0.2, 0.25) is 0 Å². The molecule has 7 rings (SSSR count). The second kappa shape index (κ2) is 10.0. The van der Waals surface area contributed by atoms with Crippen LogP contribution in [-0.2, 0) is 25.6 Å². The Labute approximate surface area is 269 Å². The highest BCUT2D eigenvalue weighted by atomic mass is 16.6. The third kappa shape index (κ3) is 3.87. The second-order valence-corrected chi connectivity index (χ2v) is 17.4. The van der Waals surface area contributed by atoms with Crippen molar-refractivity contribution >= 4 is 11.9 Å². The van der Waals surface area contributed by atoms with Crippen molar-refractivity contribution in [3.05, 3.63) is 35.9 Å². The van der Waals surface area contributed by atoms with Gasteiger partial charge in [0.25, 0.3) is 5.91 Å². The Kier molecular flexibility index (Phi) is 7.05. The molecule has 7 nitrogen and oxygen atoms in total. The minimum Gasteiger partial charge on any atom is -0.450 e. The van der Waals surface area contributed by atoms with Crippen LogP contribution in [0.5, 0.6) is 0 Å². The Balaban J connectivity index is 1.17. The van der Waals surface area contributed by atoms with E-state index in [0.29, 0.717) is 24.3 Å². The number of nitrogens with one attached hydrogen (secondary N) is 1. The van der Waals surface area contributed by atoms with Crippen LogP contribution in [-0.4, -0.2) is 46.9 Å². The molecule has 248 valence electrons. The molecule has 1 saturated heterocycles. The zero-order valence-corrected chi connectivity index (χ0v) is 28.5. The van der Waals surface area contributed by atoms with E-state index in [2.05, 4.69) is 46.9 Å². The molecule has 13 unspecified atom stereocenters. The molecule has 4 N–H and O–H groups in total. The number of ether oxygens (including phenoxy) is 2. The minimum atomic E-state index is -1.09. The van der Waals surface area contributed by atoms with E-state index in [1.54, 1.807) is 0 Å². The summed E-state index contributed by atoms with van der Waals surface area (Å²) < 4.78 is 12.4. The predicted octanol–water partition coefficient (Wildman–Crippen LogP) is 5.77. The lowest BCUT2D eigenvalue weighted by Gasteiger charge is -2.67. The third-order valence-electron chi connectivity index (χ3n) is 16.1. The standard InChI is InChI=1S/C38H56N2O5/c1-22-19-26(29(44-24(3)41)32(43)40-20-25-11-9-8-10-12-25)45-30-28(22)34(6)17-18-36-21-37(36)16-13-23(2)33(4,5)35(37,7)15-14-27(36)38(34,39)31(30)42/h8-12,22-23,26-31,42H,13-21,39H2,1-7H3,(H,40,43). The summed E-state index contributed by atoms with van der Waals surface area (Å²) in [6.45, 7) is 16.3. The van der Waals surface area contributed by atoms with Gasteiger partial charge in [0.1, 0.15) is 6.10 Å². The number of aliphatic hydroxyl groups excluding tert-OH is 1. The molecule has 6 aliphatic rings. The molecular weight excluding hydrogens is 564 g/mol. The van der Waals surface area contributed by atoms with E-state index in [4.69, 9.17) is 15.2 Å². The molecule has 0 bridgehead atoms. The first-order chi connectivity index (χ1) is 21.1. The van der Waals surface area contributed by atoms with Crippen LogP contribution in [0.15, 0.2) is 30.3 Å². The van der Waals surface area contributed by atoms with Crippen LogP contribution in [0.25, 0.3) is 0 Å². The Hall–Kier alpha value is -1.96. The molecule has 0 aromatic heterocycles. The van der Waals surface area contributed by atoms with E-state index in [-0.39, 0.29) is 45.3 Å². The third-order valence-corrected chi connectivity index (χ3v) is 16.1. The zero-order chi connectivity index (χ0) is 32.4. The fourth-order valence-electron chi connectivity index (χ4n) is 13.1. The van der Waals surface area contributed by atoms with E-state index < -0.39 is 35.9 Å². The first-order valence-corrected chi connectivity index (χ1v) is 17.7. The highest BCUT2D eigenvalue weighted by Crippen LogP contribution is 2.91. The van der Waals surface area contributed by atoms with Gasteiger partial charge >= 0.3 is 5.97 Å². The van der Waals surface area contributed by atoms with Crippen molar-refractivity contribution in [2.24, 2.45) is 56.5 Å². The number of esters is 1. The lowest BCUT2D eigenvalue weighted by molar-refractivity contribution is -0.191. The number of carbonyl (C=O) groups is 2. The van der Waals surface area contributed by atoms with Gasteiger partial charge in [-0.15, -0.1) is 0 Å². The molecule has 1 amide bonds. The van der Waals surface area contributed by atoms with Gasteiger partial charge in [-0.25, -0.2) is 0 Å². The molecule has 0 radical (unpaired) electrons. The van der Waals surface area contributed by atoms with Crippen LogP contribution in [0.3, 0.4) is 0 Å². The summed E-state index contributed by atoms with van der Waals surface area (Å²) in [5.41, 5.74) is 8.70. The molecule has 1 aromatic carbocycles. The van der Waals surface area contributed by atoms with E-state index in [0.717, 1.165) is 24.8 Å². The maximum Gasteiger partial charge on any atom is 0.303 e. The topological polar surface area (TPSA) is 111 Å². The van der Waals surface area contributed by atoms with Gasteiger partial charge in [-0.1, -0.05) is 71.9 Å². The second-order valence-electron chi connectivity index (χ2n) is 17.4. The van der Waals surface area contributed by atoms with E-state index in [1.165, 1.54) is 32.6 Å². The quantitative estimate of drug-likeness (QED) is 0.361. The van der Waals surface area contributed by atoms with Gasteiger partial charge in [-0.3, -0.25) is 9.59 Å². The minimum absolute atomic E-state index is 0.0716. The molecule has 1 aromatic rings. The normalized spacial score (nSPS) is 49.7. The largest absolute Gasteiger partial charge is 0.450 e. The van der Waals surface area contributed by atoms with E-state index >= 15 is 0 Å². The molecule has 1 heterocycles. The van der Waals surface area contributed by atoms with Crippen LogP contribution in [0.4, 0.5) is 0 Å². The summed E-state index contributed by atoms with van der Waals surface area (Å²) >= 11 is 0. The fraction of sp³-hybridized carbons (Fsp3) is 0.789. The Bertz CT molecular complexity index is 1370. The molecular formula is C38H56N2O5. The number of rotatable bonds is 5. The number of hydrogen-bond acceptors (Lipinski definition) is 6. The molecule has 6 fully saturated rings. The first kappa shape index (κ1) is 31.6.